The Hall–Kier alpha value is -1.22. The van der Waals surface area contributed by atoms with E-state index in [0.717, 1.165) is 19.3 Å². The van der Waals surface area contributed by atoms with Crippen molar-refractivity contribution < 1.29 is 19.5 Å². The summed E-state index contributed by atoms with van der Waals surface area (Å²) in [5.74, 6) is -0.190. The topological polar surface area (TPSA) is 94.1 Å². The molecule has 0 radical (unpaired) electrons. The molecular formula is C13H20N4O4. The quantitative estimate of drug-likeness (QED) is 0.555. The second-order valence-corrected chi connectivity index (χ2v) is 6.37. The SMILES string of the molecule is O=C(NNC(=O)[C@@H]1CC[C@@H]2CN1C1COC1N2O)C1CC1. The van der Waals surface area contributed by atoms with Crippen molar-refractivity contribution in [3.8, 4) is 0 Å². The molecule has 5 atom stereocenters. The van der Waals surface area contributed by atoms with Crippen LogP contribution in [0.1, 0.15) is 25.7 Å². The first-order valence-corrected chi connectivity index (χ1v) is 7.59. The molecule has 4 aliphatic rings. The maximum absolute atomic E-state index is 12.3. The molecule has 3 heterocycles. The Morgan fingerprint density at radius 1 is 1.10 bits per heavy atom. The van der Waals surface area contributed by atoms with E-state index in [4.69, 9.17) is 4.74 Å². The van der Waals surface area contributed by atoms with E-state index < -0.39 is 0 Å². The molecule has 1 aliphatic carbocycles. The Kier molecular flexibility index (Phi) is 3.14. The summed E-state index contributed by atoms with van der Waals surface area (Å²) in [6.07, 6.45) is 2.92. The number of carbonyl (C=O) groups excluding carboxylic acids is 2. The summed E-state index contributed by atoms with van der Waals surface area (Å²) >= 11 is 0. The molecule has 1 saturated carbocycles. The molecule has 0 spiro atoms. The molecule has 8 nitrogen and oxygen atoms in total. The number of fused-ring (bicyclic) bond motifs is 4. The fourth-order valence-corrected chi connectivity index (χ4v) is 3.48. The van der Waals surface area contributed by atoms with Gasteiger partial charge in [-0.1, -0.05) is 0 Å². The average Bonchev–Trinajstić information content (AvgIpc) is 3.26. The van der Waals surface area contributed by atoms with Gasteiger partial charge >= 0.3 is 0 Å². The van der Waals surface area contributed by atoms with Gasteiger partial charge in [-0.25, -0.2) is 0 Å². The van der Waals surface area contributed by atoms with Gasteiger partial charge in [0.15, 0.2) is 6.23 Å². The van der Waals surface area contributed by atoms with Gasteiger partial charge in [0.25, 0.3) is 5.91 Å². The monoisotopic (exact) mass is 296 g/mol. The lowest BCUT2D eigenvalue weighted by Gasteiger charge is -2.58. The van der Waals surface area contributed by atoms with Crippen LogP contribution in [-0.2, 0) is 14.3 Å². The molecule has 21 heavy (non-hydrogen) atoms. The summed E-state index contributed by atoms with van der Waals surface area (Å²) < 4.78 is 5.38. The number of hydrogen-bond donors (Lipinski definition) is 3. The van der Waals surface area contributed by atoms with Crippen molar-refractivity contribution in [3.05, 3.63) is 0 Å². The van der Waals surface area contributed by atoms with Gasteiger partial charge in [0.2, 0.25) is 5.91 Å². The van der Waals surface area contributed by atoms with Crippen LogP contribution in [0.25, 0.3) is 0 Å². The zero-order valence-electron chi connectivity index (χ0n) is 11.7. The number of rotatable bonds is 2. The van der Waals surface area contributed by atoms with E-state index in [2.05, 4.69) is 15.8 Å². The summed E-state index contributed by atoms with van der Waals surface area (Å²) in [7, 11) is 0. The van der Waals surface area contributed by atoms with Gasteiger partial charge in [-0.15, -0.1) is 0 Å². The lowest BCUT2D eigenvalue weighted by atomic mass is 9.90. The van der Waals surface area contributed by atoms with Crippen molar-refractivity contribution in [2.75, 3.05) is 13.2 Å². The van der Waals surface area contributed by atoms with Crippen LogP contribution in [0.4, 0.5) is 0 Å². The molecule has 4 fully saturated rings. The highest BCUT2D eigenvalue weighted by atomic mass is 16.6. The van der Waals surface area contributed by atoms with Gasteiger partial charge in [-0.3, -0.25) is 25.3 Å². The van der Waals surface area contributed by atoms with Gasteiger partial charge in [0.05, 0.1) is 24.7 Å². The fraction of sp³-hybridized carbons (Fsp3) is 0.846. The van der Waals surface area contributed by atoms with Crippen molar-refractivity contribution in [1.29, 1.82) is 0 Å². The van der Waals surface area contributed by atoms with E-state index >= 15 is 0 Å². The number of hydroxylamine groups is 2. The van der Waals surface area contributed by atoms with Crippen LogP contribution in [0.5, 0.6) is 0 Å². The molecule has 3 saturated heterocycles. The number of nitrogens with one attached hydrogen (secondary N) is 2. The maximum Gasteiger partial charge on any atom is 0.255 e. The van der Waals surface area contributed by atoms with E-state index in [9.17, 15) is 14.8 Å². The molecule has 0 aromatic rings. The highest BCUT2D eigenvalue weighted by Crippen LogP contribution is 2.36. The number of hydrogen-bond acceptors (Lipinski definition) is 6. The van der Waals surface area contributed by atoms with Crippen LogP contribution in [-0.4, -0.2) is 64.5 Å². The zero-order chi connectivity index (χ0) is 14.6. The highest BCUT2D eigenvalue weighted by Gasteiger charge is 2.53. The minimum atomic E-state index is -0.319. The van der Waals surface area contributed by atoms with E-state index in [1.165, 1.54) is 5.06 Å². The largest absolute Gasteiger partial charge is 0.357 e. The molecular weight excluding hydrogens is 276 g/mol. The Labute approximate surface area is 122 Å². The van der Waals surface area contributed by atoms with Crippen molar-refractivity contribution in [3.63, 3.8) is 0 Å². The molecule has 2 bridgehead atoms. The fourth-order valence-electron chi connectivity index (χ4n) is 3.48. The molecule has 0 aromatic heterocycles. The number of nitrogens with zero attached hydrogens (tertiary/aromatic N) is 2. The number of piperazine rings is 1. The number of amides is 2. The molecule has 2 amide bonds. The lowest BCUT2D eigenvalue weighted by molar-refractivity contribution is -0.346. The Bertz CT molecular complexity index is 467. The number of ether oxygens (including phenoxy) is 1. The number of piperidine rings is 1. The summed E-state index contributed by atoms with van der Waals surface area (Å²) in [6, 6.07) is -0.177. The minimum Gasteiger partial charge on any atom is -0.357 e. The lowest BCUT2D eigenvalue weighted by Crippen LogP contribution is -2.75. The van der Waals surface area contributed by atoms with Crippen molar-refractivity contribution >= 4 is 11.8 Å². The van der Waals surface area contributed by atoms with Crippen LogP contribution in [0.15, 0.2) is 0 Å². The van der Waals surface area contributed by atoms with Crippen LogP contribution in [0.3, 0.4) is 0 Å². The van der Waals surface area contributed by atoms with Gasteiger partial charge < -0.3 is 9.94 Å². The first-order valence-electron chi connectivity index (χ1n) is 7.59. The summed E-state index contributed by atoms with van der Waals surface area (Å²) in [4.78, 5) is 26.0. The smallest absolute Gasteiger partial charge is 0.255 e. The predicted molar refractivity (Wildman–Crippen MR) is 69.7 cm³/mol. The van der Waals surface area contributed by atoms with E-state index in [0.29, 0.717) is 19.6 Å². The predicted octanol–water partition coefficient (Wildman–Crippen LogP) is -1.19. The van der Waals surface area contributed by atoms with Gasteiger partial charge in [0, 0.05) is 12.5 Å². The highest BCUT2D eigenvalue weighted by molar-refractivity contribution is 5.87. The van der Waals surface area contributed by atoms with Gasteiger partial charge in [-0.05, 0) is 25.7 Å². The summed E-state index contributed by atoms with van der Waals surface area (Å²) in [6.45, 7) is 1.20. The minimum absolute atomic E-state index is 0.0247. The van der Waals surface area contributed by atoms with Gasteiger partial charge in [0.1, 0.15) is 0 Å². The average molecular weight is 296 g/mol. The Balaban J connectivity index is 1.38. The van der Waals surface area contributed by atoms with Crippen molar-refractivity contribution in [1.82, 2.24) is 20.8 Å². The van der Waals surface area contributed by atoms with E-state index in [1.54, 1.807) is 0 Å². The molecule has 3 unspecified atom stereocenters. The molecule has 0 aromatic carbocycles. The van der Waals surface area contributed by atoms with Crippen molar-refractivity contribution in [2.24, 2.45) is 5.92 Å². The Morgan fingerprint density at radius 3 is 2.52 bits per heavy atom. The van der Waals surface area contributed by atoms with Crippen LogP contribution in [0.2, 0.25) is 0 Å². The molecule has 4 rings (SSSR count). The third kappa shape index (κ3) is 2.22. The molecule has 8 heteroatoms. The normalized spacial score (nSPS) is 41.7. The maximum atomic E-state index is 12.3. The number of hydrazine groups is 1. The second-order valence-electron chi connectivity index (χ2n) is 6.37. The third-order valence-corrected chi connectivity index (χ3v) is 4.98. The molecule has 3 N–H and O–H groups in total. The van der Waals surface area contributed by atoms with Crippen LogP contribution in [0, 0.1) is 5.92 Å². The Morgan fingerprint density at radius 2 is 1.86 bits per heavy atom. The zero-order valence-corrected chi connectivity index (χ0v) is 11.7. The number of carbonyl (C=O) groups is 2. The third-order valence-electron chi connectivity index (χ3n) is 4.98. The second kappa shape index (κ2) is 4.91. The van der Waals surface area contributed by atoms with Crippen molar-refractivity contribution in [2.45, 2.75) is 50.0 Å². The van der Waals surface area contributed by atoms with E-state index in [-0.39, 0.29) is 42.1 Å². The molecule has 116 valence electrons. The van der Waals surface area contributed by atoms with E-state index in [1.807, 2.05) is 0 Å². The standard InChI is InChI=1S/C13H20N4O4/c18-11(7-1-2-7)14-15-12(19)9-4-3-8-5-16(9)10-6-21-13(10)17(8)20/h7-10,13,20H,1-6H2,(H,14,18)(H,15,19)/t8-,9+,10?,13?/m1/s1. The summed E-state index contributed by atoms with van der Waals surface area (Å²) in [5, 5.41) is 11.3. The van der Waals surface area contributed by atoms with Crippen LogP contribution >= 0.6 is 0 Å². The van der Waals surface area contributed by atoms with Gasteiger partial charge in [-0.2, -0.15) is 5.06 Å². The van der Waals surface area contributed by atoms with Crippen LogP contribution < -0.4 is 10.9 Å². The first-order chi connectivity index (χ1) is 10.1. The molecule has 3 aliphatic heterocycles. The first kappa shape index (κ1) is 13.4. The summed E-state index contributed by atoms with van der Waals surface area (Å²) in [5.41, 5.74) is 5.06.